The number of nitrogens with zero attached hydrogens (tertiary/aromatic N) is 3. The first-order chi connectivity index (χ1) is 13.8. The van der Waals surface area contributed by atoms with Crippen molar-refractivity contribution in [2.75, 3.05) is 12.4 Å². The van der Waals surface area contributed by atoms with E-state index in [-0.39, 0.29) is 17.1 Å². The molecule has 0 unspecified atom stereocenters. The van der Waals surface area contributed by atoms with Crippen LogP contribution in [-0.4, -0.2) is 27.8 Å². The number of hydrogen-bond donors (Lipinski definition) is 1. The van der Waals surface area contributed by atoms with Crippen LogP contribution in [0.5, 0.6) is 5.75 Å². The molecule has 0 aliphatic heterocycles. The van der Waals surface area contributed by atoms with E-state index in [4.69, 9.17) is 4.74 Å². The van der Waals surface area contributed by atoms with Crippen molar-refractivity contribution in [3.63, 3.8) is 0 Å². The van der Waals surface area contributed by atoms with Gasteiger partial charge in [0.2, 0.25) is 5.91 Å². The highest BCUT2D eigenvalue weighted by molar-refractivity contribution is 6.01. The summed E-state index contributed by atoms with van der Waals surface area (Å²) in [6, 6.07) is 11.8. The van der Waals surface area contributed by atoms with Crippen LogP contribution in [0, 0.1) is 5.82 Å². The summed E-state index contributed by atoms with van der Waals surface area (Å²) in [6.07, 6.45) is 4.54. The molecule has 2 heterocycles. The van der Waals surface area contributed by atoms with E-state index in [2.05, 4.69) is 15.4 Å². The number of benzene rings is 1. The molecule has 0 saturated carbocycles. The molecule has 2 aromatic heterocycles. The lowest BCUT2D eigenvalue weighted by molar-refractivity contribution is -0.111. The second-order valence-corrected chi connectivity index (χ2v) is 7.48. The van der Waals surface area contributed by atoms with Crippen molar-refractivity contribution in [1.29, 1.82) is 0 Å². The summed E-state index contributed by atoms with van der Waals surface area (Å²) in [5.41, 5.74) is 1.17. The Hall–Kier alpha value is -3.48. The number of anilines is 1. The predicted molar refractivity (Wildman–Crippen MR) is 111 cm³/mol. The molecular formula is C22H23FN4O2. The van der Waals surface area contributed by atoms with Crippen molar-refractivity contribution in [1.82, 2.24) is 14.8 Å². The lowest BCUT2D eigenvalue weighted by atomic mass is 9.92. The van der Waals surface area contributed by atoms with E-state index < -0.39 is 5.82 Å². The van der Waals surface area contributed by atoms with Crippen molar-refractivity contribution in [2.24, 2.45) is 0 Å². The predicted octanol–water partition coefficient (Wildman–Crippen LogP) is 4.36. The van der Waals surface area contributed by atoms with E-state index >= 15 is 0 Å². The van der Waals surface area contributed by atoms with Crippen LogP contribution in [0.1, 0.15) is 32.0 Å². The van der Waals surface area contributed by atoms with E-state index in [1.165, 1.54) is 31.4 Å². The smallest absolute Gasteiger partial charge is 0.249 e. The van der Waals surface area contributed by atoms with Gasteiger partial charge in [-0.25, -0.2) is 9.37 Å². The number of carbonyl (C=O) groups excluding carboxylic acids is 1. The number of pyridine rings is 1. The second kappa shape index (κ2) is 8.26. The van der Waals surface area contributed by atoms with Crippen LogP contribution < -0.4 is 10.1 Å². The molecule has 0 bridgehead atoms. The van der Waals surface area contributed by atoms with Gasteiger partial charge in [-0.2, -0.15) is 9.78 Å². The van der Waals surface area contributed by atoms with Crippen molar-refractivity contribution in [2.45, 2.75) is 26.2 Å². The molecule has 29 heavy (non-hydrogen) atoms. The summed E-state index contributed by atoms with van der Waals surface area (Å²) < 4.78 is 20.3. The van der Waals surface area contributed by atoms with Crippen molar-refractivity contribution < 1.29 is 13.9 Å². The maximum atomic E-state index is 13.8. The third-order valence-corrected chi connectivity index (χ3v) is 4.20. The summed E-state index contributed by atoms with van der Waals surface area (Å²) in [6.45, 7) is 6.13. The molecule has 0 spiro atoms. The Kier molecular flexibility index (Phi) is 5.77. The van der Waals surface area contributed by atoms with E-state index in [0.717, 1.165) is 5.69 Å². The Balaban J connectivity index is 1.84. The van der Waals surface area contributed by atoms with E-state index in [1.807, 2.05) is 45.0 Å². The molecule has 0 saturated heterocycles. The van der Waals surface area contributed by atoms with E-state index in [1.54, 1.807) is 16.9 Å². The highest BCUT2D eigenvalue weighted by Crippen LogP contribution is 2.26. The van der Waals surface area contributed by atoms with E-state index in [9.17, 15) is 9.18 Å². The summed E-state index contributed by atoms with van der Waals surface area (Å²) in [7, 11) is 1.40. The average molecular weight is 394 g/mol. The molecule has 1 aromatic carbocycles. The fraction of sp³-hybridized carbons (Fsp3) is 0.227. The first-order valence-corrected chi connectivity index (χ1v) is 9.12. The van der Waals surface area contributed by atoms with Gasteiger partial charge in [-0.15, -0.1) is 0 Å². The fourth-order valence-electron chi connectivity index (χ4n) is 2.62. The van der Waals surface area contributed by atoms with Crippen molar-refractivity contribution in [3.8, 4) is 11.6 Å². The van der Waals surface area contributed by atoms with Gasteiger partial charge >= 0.3 is 0 Å². The van der Waals surface area contributed by atoms with Crippen molar-refractivity contribution >= 4 is 17.8 Å². The third kappa shape index (κ3) is 4.87. The van der Waals surface area contributed by atoms with Gasteiger partial charge in [-0.05, 0) is 35.9 Å². The Labute approximate surface area is 169 Å². The lowest BCUT2D eigenvalue weighted by Crippen LogP contribution is -2.13. The Morgan fingerprint density at radius 1 is 1.21 bits per heavy atom. The molecule has 0 radical (unpaired) electrons. The number of aromatic nitrogens is 3. The van der Waals surface area contributed by atoms with Gasteiger partial charge in [-0.3, -0.25) is 4.79 Å². The normalized spacial score (nSPS) is 11.6. The maximum absolute atomic E-state index is 13.8. The molecule has 0 aliphatic carbocycles. The zero-order valence-corrected chi connectivity index (χ0v) is 16.8. The van der Waals surface area contributed by atoms with Gasteiger partial charge < -0.3 is 10.1 Å². The van der Waals surface area contributed by atoms with Gasteiger partial charge in [0.1, 0.15) is 5.82 Å². The molecule has 1 amide bonds. The zero-order chi connectivity index (χ0) is 21.0. The lowest BCUT2D eigenvalue weighted by Gasteiger charge is -2.13. The number of halogens is 1. The summed E-state index contributed by atoms with van der Waals surface area (Å²) in [4.78, 5) is 16.8. The third-order valence-electron chi connectivity index (χ3n) is 4.20. The number of ether oxygens (including phenoxy) is 1. The first-order valence-electron chi connectivity index (χ1n) is 9.12. The molecule has 0 fully saturated rings. The Morgan fingerprint density at radius 2 is 2.00 bits per heavy atom. The molecule has 6 nitrogen and oxygen atoms in total. The van der Waals surface area contributed by atoms with Crippen LogP contribution in [-0.2, 0) is 10.2 Å². The topological polar surface area (TPSA) is 69.0 Å². The molecule has 1 N–H and O–H groups in total. The van der Waals surface area contributed by atoms with Gasteiger partial charge in [0.25, 0.3) is 0 Å². The number of hydrogen-bond acceptors (Lipinski definition) is 4. The number of nitrogens with one attached hydrogen (secondary N) is 1. The summed E-state index contributed by atoms with van der Waals surface area (Å²) in [5, 5.41) is 7.43. The second-order valence-electron chi connectivity index (χ2n) is 7.48. The molecule has 7 heteroatoms. The maximum Gasteiger partial charge on any atom is 0.249 e. The van der Waals surface area contributed by atoms with Crippen LogP contribution in [0.3, 0.4) is 0 Å². The molecule has 3 rings (SSSR count). The first kappa shape index (κ1) is 20.3. The number of methoxy groups -OCH3 is 1. The Morgan fingerprint density at radius 3 is 2.62 bits per heavy atom. The van der Waals surface area contributed by atoms with Gasteiger partial charge in [0.15, 0.2) is 17.4 Å². The molecule has 3 aromatic rings. The highest BCUT2D eigenvalue weighted by atomic mass is 19.1. The van der Waals surface area contributed by atoms with Gasteiger partial charge in [-0.1, -0.05) is 32.9 Å². The summed E-state index contributed by atoms with van der Waals surface area (Å²) >= 11 is 0. The van der Waals surface area contributed by atoms with Gasteiger partial charge in [0, 0.05) is 23.8 Å². The zero-order valence-electron chi connectivity index (χ0n) is 16.8. The fourth-order valence-corrected chi connectivity index (χ4v) is 2.62. The highest BCUT2D eigenvalue weighted by Gasteiger charge is 2.21. The monoisotopic (exact) mass is 394 g/mol. The number of carbonyl (C=O) groups is 1. The number of rotatable bonds is 5. The Bertz CT molecular complexity index is 1040. The van der Waals surface area contributed by atoms with Crippen LogP contribution in [0.15, 0.2) is 54.7 Å². The minimum Gasteiger partial charge on any atom is -0.494 e. The largest absolute Gasteiger partial charge is 0.494 e. The molecule has 150 valence electrons. The van der Waals surface area contributed by atoms with Gasteiger partial charge in [0.05, 0.1) is 12.8 Å². The number of amides is 1. The average Bonchev–Trinajstić information content (AvgIpc) is 3.11. The summed E-state index contributed by atoms with van der Waals surface area (Å²) in [5.74, 6) is 0.404. The molecular weight excluding hydrogens is 371 g/mol. The SMILES string of the molecule is COc1ccc(/C=C/C(=O)Nc2cc(C(C)(C)C)nn2-c2ccccn2)cc1F. The quantitative estimate of drug-likeness (QED) is 0.653. The van der Waals surface area contributed by atoms with Crippen LogP contribution in [0.4, 0.5) is 10.2 Å². The molecule has 0 aliphatic rings. The van der Waals surface area contributed by atoms with E-state index in [0.29, 0.717) is 17.2 Å². The molecule has 0 atom stereocenters. The van der Waals surface area contributed by atoms with Crippen LogP contribution in [0.2, 0.25) is 0 Å². The minimum absolute atomic E-state index is 0.153. The minimum atomic E-state index is -0.488. The van der Waals surface area contributed by atoms with Crippen LogP contribution >= 0.6 is 0 Å². The standard InChI is InChI=1S/C22H23FN4O2/c1-22(2,3)18-14-20(27(26-18)19-7-5-6-12-24-19)25-21(28)11-9-15-8-10-17(29-4)16(23)13-15/h5-14H,1-4H3,(H,25,28)/b11-9+. The van der Waals surface area contributed by atoms with Crippen molar-refractivity contribution in [3.05, 3.63) is 71.8 Å². The van der Waals surface area contributed by atoms with Crippen LogP contribution in [0.25, 0.3) is 11.9 Å².